The van der Waals surface area contributed by atoms with Gasteiger partial charge in [0.25, 0.3) is 0 Å². The maximum atomic E-state index is 10.8. The van der Waals surface area contributed by atoms with E-state index in [-0.39, 0.29) is 11.1 Å². The van der Waals surface area contributed by atoms with Gasteiger partial charge in [0, 0.05) is 0 Å². The molecule has 2 aromatic rings. The fourth-order valence-electron chi connectivity index (χ4n) is 1.65. The monoisotopic (exact) mass is 233 g/mol. The van der Waals surface area contributed by atoms with Crippen molar-refractivity contribution in [2.24, 2.45) is 0 Å². The van der Waals surface area contributed by atoms with Crippen LogP contribution in [0.5, 0.6) is 0 Å². The fourth-order valence-corrected chi connectivity index (χ4v) is 1.65. The molecule has 0 aliphatic carbocycles. The Balaban J connectivity index is 2.60. The van der Waals surface area contributed by atoms with E-state index in [4.69, 9.17) is 5.11 Å². The number of carboxylic acid groups (broad SMARTS) is 1. The van der Waals surface area contributed by atoms with E-state index in [1.807, 2.05) is 4.68 Å². The lowest BCUT2D eigenvalue weighted by atomic mass is 10.0. The molecule has 0 amide bonds. The number of hydrogen-bond acceptors (Lipinski definition) is 3. The molecule has 0 saturated heterocycles. The van der Waals surface area contributed by atoms with Crippen molar-refractivity contribution in [2.75, 3.05) is 0 Å². The average molecular weight is 233 g/mol. The zero-order valence-corrected chi connectivity index (χ0v) is 10.1. The Bertz CT molecular complexity index is 572. The van der Waals surface area contributed by atoms with Crippen LogP contribution in [0.2, 0.25) is 0 Å². The van der Waals surface area contributed by atoms with Gasteiger partial charge in [-0.3, -0.25) is 0 Å². The Morgan fingerprint density at radius 3 is 2.76 bits per heavy atom. The second-order valence-corrected chi connectivity index (χ2v) is 4.68. The van der Waals surface area contributed by atoms with Crippen LogP contribution in [0.3, 0.4) is 0 Å². The number of hydrogen-bond donors (Lipinski definition) is 1. The number of carboxylic acids is 1. The summed E-state index contributed by atoms with van der Waals surface area (Å²) in [6.45, 7) is 6.23. The van der Waals surface area contributed by atoms with Crippen molar-refractivity contribution < 1.29 is 9.90 Å². The SMILES string of the molecule is CCC(C)(C)n1nnc2cc(C(=O)O)ccc21. The van der Waals surface area contributed by atoms with E-state index in [0.29, 0.717) is 5.52 Å². The average Bonchev–Trinajstić information content (AvgIpc) is 2.72. The summed E-state index contributed by atoms with van der Waals surface area (Å²) in [5.74, 6) is -0.948. The second kappa shape index (κ2) is 3.84. The molecular weight excluding hydrogens is 218 g/mol. The molecule has 2 rings (SSSR count). The van der Waals surface area contributed by atoms with Crippen LogP contribution < -0.4 is 0 Å². The van der Waals surface area contributed by atoms with Crippen LogP contribution in [0.15, 0.2) is 18.2 Å². The molecule has 5 heteroatoms. The fraction of sp³-hybridized carbons (Fsp3) is 0.417. The van der Waals surface area contributed by atoms with Gasteiger partial charge in [-0.05, 0) is 38.5 Å². The minimum Gasteiger partial charge on any atom is -0.478 e. The van der Waals surface area contributed by atoms with E-state index in [9.17, 15) is 4.79 Å². The van der Waals surface area contributed by atoms with Gasteiger partial charge in [-0.2, -0.15) is 0 Å². The lowest BCUT2D eigenvalue weighted by Crippen LogP contribution is -2.26. The van der Waals surface area contributed by atoms with Crippen LogP contribution in [0.1, 0.15) is 37.6 Å². The molecule has 90 valence electrons. The van der Waals surface area contributed by atoms with Crippen molar-refractivity contribution in [3.8, 4) is 0 Å². The molecule has 0 fully saturated rings. The van der Waals surface area contributed by atoms with Crippen LogP contribution in [-0.4, -0.2) is 26.1 Å². The zero-order chi connectivity index (χ0) is 12.6. The molecule has 0 unspecified atom stereocenters. The summed E-state index contributed by atoms with van der Waals surface area (Å²) in [5.41, 5.74) is 1.59. The topological polar surface area (TPSA) is 68.0 Å². The predicted molar refractivity (Wildman–Crippen MR) is 64.1 cm³/mol. The van der Waals surface area contributed by atoms with E-state index in [1.165, 1.54) is 0 Å². The van der Waals surface area contributed by atoms with Gasteiger partial charge in [-0.15, -0.1) is 5.10 Å². The summed E-state index contributed by atoms with van der Waals surface area (Å²) in [6, 6.07) is 4.89. The summed E-state index contributed by atoms with van der Waals surface area (Å²) in [6.07, 6.45) is 0.923. The van der Waals surface area contributed by atoms with Gasteiger partial charge >= 0.3 is 5.97 Å². The first-order chi connectivity index (χ1) is 7.95. The Morgan fingerprint density at radius 1 is 1.47 bits per heavy atom. The molecule has 0 atom stereocenters. The number of nitrogens with zero attached hydrogens (tertiary/aromatic N) is 3. The summed E-state index contributed by atoms with van der Waals surface area (Å²) >= 11 is 0. The first kappa shape index (κ1) is 11.6. The van der Waals surface area contributed by atoms with Crippen LogP contribution >= 0.6 is 0 Å². The van der Waals surface area contributed by atoms with Crippen molar-refractivity contribution in [2.45, 2.75) is 32.7 Å². The van der Waals surface area contributed by atoms with E-state index >= 15 is 0 Å². The van der Waals surface area contributed by atoms with Gasteiger partial charge in [-0.25, -0.2) is 9.48 Å². The van der Waals surface area contributed by atoms with E-state index < -0.39 is 5.97 Å². The number of aromatic carboxylic acids is 1. The Hall–Kier alpha value is -1.91. The molecule has 5 nitrogen and oxygen atoms in total. The number of carbonyl (C=O) groups is 1. The standard InChI is InChI=1S/C12H15N3O2/c1-4-12(2,3)15-10-6-5-8(11(16)17)7-9(10)13-14-15/h5-7H,4H2,1-3H3,(H,16,17). The summed E-state index contributed by atoms with van der Waals surface area (Å²) in [4.78, 5) is 10.8. The number of rotatable bonds is 3. The molecule has 0 bridgehead atoms. The predicted octanol–water partition coefficient (Wildman–Crippen LogP) is 2.27. The molecule has 0 radical (unpaired) electrons. The molecule has 1 N–H and O–H groups in total. The zero-order valence-electron chi connectivity index (χ0n) is 10.1. The van der Waals surface area contributed by atoms with Crippen molar-refractivity contribution >= 4 is 17.0 Å². The largest absolute Gasteiger partial charge is 0.478 e. The Labute approximate surface area is 99.1 Å². The third-order valence-electron chi connectivity index (χ3n) is 3.13. The summed E-state index contributed by atoms with van der Waals surface area (Å²) in [5, 5.41) is 17.0. The number of benzene rings is 1. The maximum absolute atomic E-state index is 10.8. The van der Waals surface area contributed by atoms with Crippen LogP contribution in [0.4, 0.5) is 0 Å². The lowest BCUT2D eigenvalue weighted by Gasteiger charge is -2.23. The van der Waals surface area contributed by atoms with Gasteiger partial charge in [0.2, 0.25) is 0 Å². The smallest absolute Gasteiger partial charge is 0.335 e. The Morgan fingerprint density at radius 2 is 2.18 bits per heavy atom. The van der Waals surface area contributed by atoms with Crippen molar-refractivity contribution in [3.05, 3.63) is 23.8 Å². The normalized spacial score (nSPS) is 11.9. The van der Waals surface area contributed by atoms with Gasteiger partial charge in [0.1, 0.15) is 5.52 Å². The van der Waals surface area contributed by atoms with Crippen molar-refractivity contribution in [1.29, 1.82) is 0 Å². The third-order valence-corrected chi connectivity index (χ3v) is 3.13. The van der Waals surface area contributed by atoms with Crippen LogP contribution in [0.25, 0.3) is 11.0 Å². The van der Waals surface area contributed by atoms with E-state index in [0.717, 1.165) is 11.9 Å². The van der Waals surface area contributed by atoms with Crippen molar-refractivity contribution in [1.82, 2.24) is 15.0 Å². The van der Waals surface area contributed by atoms with Gasteiger partial charge in [0.15, 0.2) is 0 Å². The quantitative estimate of drug-likeness (QED) is 0.883. The minimum absolute atomic E-state index is 0.126. The van der Waals surface area contributed by atoms with Crippen LogP contribution in [-0.2, 0) is 5.54 Å². The van der Waals surface area contributed by atoms with Gasteiger partial charge < -0.3 is 5.11 Å². The molecule has 0 spiro atoms. The first-order valence-electron chi connectivity index (χ1n) is 5.55. The highest BCUT2D eigenvalue weighted by molar-refractivity contribution is 5.92. The highest BCUT2D eigenvalue weighted by Gasteiger charge is 2.21. The van der Waals surface area contributed by atoms with Gasteiger partial charge in [0.05, 0.1) is 16.6 Å². The van der Waals surface area contributed by atoms with Gasteiger partial charge in [-0.1, -0.05) is 12.1 Å². The first-order valence-corrected chi connectivity index (χ1v) is 5.55. The molecule has 1 aromatic heterocycles. The third kappa shape index (κ3) is 1.88. The minimum atomic E-state index is -0.948. The molecule has 0 saturated carbocycles. The maximum Gasteiger partial charge on any atom is 0.335 e. The summed E-state index contributed by atoms with van der Waals surface area (Å²) in [7, 11) is 0. The molecule has 17 heavy (non-hydrogen) atoms. The summed E-state index contributed by atoms with van der Waals surface area (Å²) < 4.78 is 1.84. The molecule has 0 aliphatic rings. The van der Waals surface area contributed by atoms with Crippen LogP contribution in [0, 0.1) is 0 Å². The van der Waals surface area contributed by atoms with E-state index in [1.54, 1.807) is 18.2 Å². The highest BCUT2D eigenvalue weighted by atomic mass is 16.4. The molecule has 1 aromatic carbocycles. The molecule has 0 aliphatic heterocycles. The van der Waals surface area contributed by atoms with Crippen molar-refractivity contribution in [3.63, 3.8) is 0 Å². The number of aromatic nitrogens is 3. The lowest BCUT2D eigenvalue weighted by molar-refractivity contribution is 0.0697. The molecule has 1 heterocycles. The van der Waals surface area contributed by atoms with E-state index in [2.05, 4.69) is 31.1 Å². The Kier molecular flexibility index (Phi) is 2.61. The second-order valence-electron chi connectivity index (χ2n) is 4.68. The number of fused-ring (bicyclic) bond motifs is 1. The highest BCUT2D eigenvalue weighted by Crippen LogP contribution is 2.23. The molecular formula is C12H15N3O2.